The van der Waals surface area contributed by atoms with Gasteiger partial charge in [0.05, 0.1) is 5.92 Å². The summed E-state index contributed by atoms with van der Waals surface area (Å²) in [4.78, 5) is 40.7. The molecular weight excluding hydrogens is 398 g/mol. The molecule has 8 heteroatoms. The van der Waals surface area contributed by atoms with E-state index in [0.29, 0.717) is 41.7 Å². The topological polar surface area (TPSA) is 123 Å². The quantitative estimate of drug-likeness (QED) is 0.484. The van der Waals surface area contributed by atoms with Crippen molar-refractivity contribution in [3.05, 3.63) is 65.9 Å². The number of benzene rings is 2. The Labute approximate surface area is 178 Å². The van der Waals surface area contributed by atoms with Gasteiger partial charge in [0, 0.05) is 40.5 Å². The van der Waals surface area contributed by atoms with Gasteiger partial charge in [-0.1, -0.05) is 24.3 Å². The number of nitrogens with zero attached hydrogens (tertiary/aromatic N) is 1. The van der Waals surface area contributed by atoms with Crippen LogP contribution in [-0.4, -0.2) is 51.0 Å². The highest BCUT2D eigenvalue weighted by Gasteiger charge is 2.35. The van der Waals surface area contributed by atoms with Crippen molar-refractivity contribution in [2.45, 2.75) is 18.9 Å². The van der Waals surface area contributed by atoms with Gasteiger partial charge in [-0.15, -0.1) is 0 Å². The van der Waals surface area contributed by atoms with Crippen LogP contribution in [-0.2, 0) is 9.59 Å². The molecule has 3 aromatic rings. The number of carbonyl (C=O) groups excluding carboxylic acids is 1. The van der Waals surface area contributed by atoms with Crippen molar-refractivity contribution in [2.24, 2.45) is 5.92 Å². The zero-order chi connectivity index (χ0) is 22.0. The summed E-state index contributed by atoms with van der Waals surface area (Å²) >= 11 is 0. The number of nitrogens with one attached hydrogen (secondary N) is 2. The van der Waals surface area contributed by atoms with Crippen molar-refractivity contribution < 1.29 is 24.6 Å². The zero-order valence-electron chi connectivity index (χ0n) is 16.7. The Morgan fingerprint density at radius 3 is 2.58 bits per heavy atom. The van der Waals surface area contributed by atoms with Gasteiger partial charge in [-0.2, -0.15) is 0 Å². The van der Waals surface area contributed by atoms with E-state index in [0.717, 1.165) is 5.39 Å². The molecule has 0 radical (unpaired) electrons. The molecule has 1 saturated heterocycles. The smallest absolute Gasteiger partial charge is 0.325 e. The Kier molecular flexibility index (Phi) is 5.73. The van der Waals surface area contributed by atoms with Crippen LogP contribution in [0.2, 0.25) is 0 Å². The average molecular weight is 421 g/mol. The summed E-state index contributed by atoms with van der Waals surface area (Å²) in [6.45, 7) is 0.725. The standard InChI is InChI=1S/C23H23N3O5/c27-21(14-5-2-1-3-6-14)25-16-8-9-17-18(12-24-19(17)11-16)20(23(30)31)26-10-4-7-15(13-26)22(28)29/h1-3,5-6,8-9,11-12,15,20,24H,4,7,10,13H2,(H,25,27)(H,28,29)(H,30,31). The Bertz CT molecular complexity index is 1120. The largest absolute Gasteiger partial charge is 0.481 e. The van der Waals surface area contributed by atoms with Gasteiger partial charge in [0.2, 0.25) is 0 Å². The van der Waals surface area contributed by atoms with Crippen molar-refractivity contribution in [1.29, 1.82) is 0 Å². The molecule has 1 aliphatic heterocycles. The van der Waals surface area contributed by atoms with E-state index in [2.05, 4.69) is 10.3 Å². The summed E-state index contributed by atoms with van der Waals surface area (Å²) in [7, 11) is 0. The molecule has 2 aromatic carbocycles. The molecule has 4 N–H and O–H groups in total. The third-order valence-electron chi connectivity index (χ3n) is 5.70. The molecule has 1 aromatic heterocycles. The van der Waals surface area contributed by atoms with Gasteiger partial charge in [-0.05, 0) is 43.7 Å². The number of aromatic amines is 1. The highest BCUT2D eigenvalue weighted by Crippen LogP contribution is 2.33. The van der Waals surface area contributed by atoms with Crippen LogP contribution < -0.4 is 5.32 Å². The zero-order valence-corrected chi connectivity index (χ0v) is 16.7. The number of H-pyrrole nitrogens is 1. The Balaban J connectivity index is 1.59. The molecule has 0 saturated carbocycles. The summed E-state index contributed by atoms with van der Waals surface area (Å²) in [5.74, 6) is -2.72. The maximum atomic E-state index is 12.4. The van der Waals surface area contributed by atoms with Gasteiger partial charge < -0.3 is 20.5 Å². The SMILES string of the molecule is O=C(Nc1ccc2c(C(C(=O)O)N3CCCC(C(=O)O)C3)c[nH]c2c1)c1ccccc1. The van der Waals surface area contributed by atoms with Crippen molar-refractivity contribution in [3.8, 4) is 0 Å². The Hall–Kier alpha value is -3.65. The van der Waals surface area contributed by atoms with Gasteiger partial charge in [0.1, 0.15) is 6.04 Å². The van der Waals surface area contributed by atoms with Gasteiger partial charge in [-0.25, -0.2) is 0 Å². The second kappa shape index (κ2) is 8.61. The number of carbonyl (C=O) groups is 3. The molecule has 160 valence electrons. The molecule has 4 rings (SSSR count). The number of carboxylic acids is 2. The van der Waals surface area contributed by atoms with Crippen LogP contribution in [0.4, 0.5) is 5.69 Å². The highest BCUT2D eigenvalue weighted by molar-refractivity contribution is 6.05. The lowest BCUT2D eigenvalue weighted by Gasteiger charge is -2.34. The average Bonchev–Trinajstić information content (AvgIpc) is 3.17. The number of anilines is 1. The number of piperidine rings is 1. The molecule has 0 aliphatic carbocycles. The maximum absolute atomic E-state index is 12.4. The van der Waals surface area contributed by atoms with E-state index in [1.807, 2.05) is 6.07 Å². The molecule has 8 nitrogen and oxygen atoms in total. The molecular formula is C23H23N3O5. The van der Waals surface area contributed by atoms with Gasteiger partial charge in [0.25, 0.3) is 5.91 Å². The number of fused-ring (bicyclic) bond motifs is 1. The lowest BCUT2D eigenvalue weighted by atomic mass is 9.94. The summed E-state index contributed by atoms with van der Waals surface area (Å²) in [5, 5.41) is 22.8. The fraction of sp³-hybridized carbons (Fsp3) is 0.261. The van der Waals surface area contributed by atoms with E-state index in [-0.39, 0.29) is 12.5 Å². The number of likely N-dealkylation sites (tertiary alicyclic amines) is 1. The molecule has 1 amide bonds. The van der Waals surface area contributed by atoms with Crippen molar-refractivity contribution in [1.82, 2.24) is 9.88 Å². The van der Waals surface area contributed by atoms with Crippen molar-refractivity contribution >= 4 is 34.4 Å². The van der Waals surface area contributed by atoms with Crippen LogP contribution in [0, 0.1) is 5.92 Å². The number of hydrogen-bond donors (Lipinski definition) is 4. The Morgan fingerprint density at radius 2 is 1.87 bits per heavy atom. The predicted octanol–water partition coefficient (Wildman–Crippen LogP) is 3.34. The van der Waals surface area contributed by atoms with Crippen LogP contribution in [0.25, 0.3) is 10.9 Å². The number of hydrogen-bond acceptors (Lipinski definition) is 4. The summed E-state index contributed by atoms with van der Waals surface area (Å²) < 4.78 is 0. The van der Waals surface area contributed by atoms with Crippen LogP contribution in [0.1, 0.15) is 34.8 Å². The maximum Gasteiger partial charge on any atom is 0.325 e. The highest BCUT2D eigenvalue weighted by atomic mass is 16.4. The lowest BCUT2D eigenvalue weighted by molar-refractivity contribution is -0.149. The monoisotopic (exact) mass is 421 g/mol. The molecule has 0 spiro atoms. The second-order valence-corrected chi connectivity index (χ2v) is 7.74. The minimum Gasteiger partial charge on any atom is -0.481 e. The molecule has 31 heavy (non-hydrogen) atoms. The van der Waals surface area contributed by atoms with Gasteiger partial charge in [-0.3, -0.25) is 19.3 Å². The van der Waals surface area contributed by atoms with Crippen LogP contribution in [0.15, 0.2) is 54.7 Å². The first-order chi connectivity index (χ1) is 14.9. The normalized spacial score (nSPS) is 17.9. The number of aromatic nitrogens is 1. The van der Waals surface area contributed by atoms with E-state index in [4.69, 9.17) is 0 Å². The number of rotatable bonds is 6. The van der Waals surface area contributed by atoms with Gasteiger partial charge in [0.15, 0.2) is 0 Å². The van der Waals surface area contributed by atoms with Crippen molar-refractivity contribution in [3.63, 3.8) is 0 Å². The first-order valence-corrected chi connectivity index (χ1v) is 10.1. The predicted molar refractivity (Wildman–Crippen MR) is 115 cm³/mol. The molecule has 2 atom stereocenters. The third kappa shape index (κ3) is 4.29. The first kappa shape index (κ1) is 20.6. The molecule has 0 bridgehead atoms. The second-order valence-electron chi connectivity index (χ2n) is 7.74. The molecule has 1 aliphatic rings. The minimum absolute atomic E-state index is 0.199. The van der Waals surface area contributed by atoms with Crippen LogP contribution in [0.3, 0.4) is 0 Å². The van der Waals surface area contributed by atoms with E-state index >= 15 is 0 Å². The fourth-order valence-electron chi connectivity index (χ4n) is 4.17. The molecule has 1 fully saturated rings. The Morgan fingerprint density at radius 1 is 1.10 bits per heavy atom. The third-order valence-corrected chi connectivity index (χ3v) is 5.70. The summed E-state index contributed by atoms with van der Waals surface area (Å²) in [6, 6.07) is 13.2. The van der Waals surface area contributed by atoms with Gasteiger partial charge >= 0.3 is 11.9 Å². The van der Waals surface area contributed by atoms with Crippen molar-refractivity contribution in [2.75, 3.05) is 18.4 Å². The van der Waals surface area contributed by atoms with E-state index in [1.165, 1.54) is 0 Å². The van der Waals surface area contributed by atoms with E-state index < -0.39 is 23.9 Å². The lowest BCUT2D eigenvalue weighted by Crippen LogP contribution is -2.43. The number of amides is 1. The minimum atomic E-state index is -1.02. The number of carboxylic acid groups (broad SMARTS) is 2. The fourth-order valence-corrected chi connectivity index (χ4v) is 4.17. The van der Waals surface area contributed by atoms with Crippen LogP contribution >= 0.6 is 0 Å². The molecule has 2 unspecified atom stereocenters. The molecule has 2 heterocycles. The summed E-state index contributed by atoms with van der Waals surface area (Å²) in [6.07, 6.45) is 2.84. The first-order valence-electron chi connectivity index (χ1n) is 10.1. The van der Waals surface area contributed by atoms with E-state index in [9.17, 15) is 24.6 Å². The summed E-state index contributed by atoms with van der Waals surface area (Å²) in [5.41, 5.74) is 2.40. The van der Waals surface area contributed by atoms with E-state index in [1.54, 1.807) is 53.6 Å². The van der Waals surface area contributed by atoms with Crippen LogP contribution in [0.5, 0.6) is 0 Å². The number of aliphatic carboxylic acids is 2.